The van der Waals surface area contributed by atoms with Crippen molar-refractivity contribution in [1.29, 1.82) is 0 Å². The zero-order valence-corrected chi connectivity index (χ0v) is 11.5. The lowest BCUT2D eigenvalue weighted by molar-refractivity contribution is -0.0553. The number of nitrogens with zero attached hydrogens (tertiary/aromatic N) is 2. The highest BCUT2D eigenvalue weighted by Crippen LogP contribution is 2.26. The SMILES string of the molecule is COCCn1cc(NC2CCOC(C)(C)C2)cn1. The van der Waals surface area contributed by atoms with Gasteiger partial charge in [-0.2, -0.15) is 5.10 Å². The molecule has 1 aromatic heterocycles. The maximum atomic E-state index is 5.71. The number of nitrogens with one attached hydrogen (secondary N) is 1. The van der Waals surface area contributed by atoms with Gasteiger partial charge in [-0.05, 0) is 26.7 Å². The molecule has 2 rings (SSSR count). The molecule has 1 saturated heterocycles. The molecular formula is C13H23N3O2. The Hall–Kier alpha value is -1.07. The molecule has 1 atom stereocenters. The van der Waals surface area contributed by atoms with E-state index in [9.17, 15) is 0 Å². The number of ether oxygens (including phenoxy) is 2. The molecule has 0 bridgehead atoms. The van der Waals surface area contributed by atoms with Crippen LogP contribution in [0.25, 0.3) is 0 Å². The monoisotopic (exact) mass is 253 g/mol. The average Bonchev–Trinajstić information content (AvgIpc) is 2.73. The van der Waals surface area contributed by atoms with Gasteiger partial charge in [-0.3, -0.25) is 4.68 Å². The largest absolute Gasteiger partial charge is 0.383 e. The summed E-state index contributed by atoms with van der Waals surface area (Å²) in [6.07, 6.45) is 5.97. The Morgan fingerprint density at radius 1 is 1.61 bits per heavy atom. The lowest BCUT2D eigenvalue weighted by Crippen LogP contribution is -2.40. The summed E-state index contributed by atoms with van der Waals surface area (Å²) in [5.74, 6) is 0. The van der Waals surface area contributed by atoms with Crippen molar-refractivity contribution in [2.75, 3.05) is 25.6 Å². The lowest BCUT2D eigenvalue weighted by atomic mass is 9.94. The molecule has 0 amide bonds. The third-order valence-electron chi connectivity index (χ3n) is 3.23. The first kappa shape index (κ1) is 13.4. The van der Waals surface area contributed by atoms with Gasteiger partial charge in [0.05, 0.1) is 30.6 Å². The van der Waals surface area contributed by atoms with Crippen LogP contribution in [0.5, 0.6) is 0 Å². The first-order chi connectivity index (χ1) is 8.59. The maximum Gasteiger partial charge on any atom is 0.0728 e. The Morgan fingerprint density at radius 3 is 3.17 bits per heavy atom. The van der Waals surface area contributed by atoms with Crippen molar-refractivity contribution in [2.24, 2.45) is 0 Å². The first-order valence-corrected chi connectivity index (χ1v) is 6.51. The Balaban J connectivity index is 1.87. The van der Waals surface area contributed by atoms with Crippen molar-refractivity contribution in [2.45, 2.75) is 44.9 Å². The zero-order chi connectivity index (χ0) is 13.0. The predicted octanol–water partition coefficient (Wildman–Crippen LogP) is 1.90. The topological polar surface area (TPSA) is 48.3 Å². The number of hydrogen-bond donors (Lipinski definition) is 1. The average molecular weight is 253 g/mol. The Morgan fingerprint density at radius 2 is 2.44 bits per heavy atom. The molecule has 102 valence electrons. The predicted molar refractivity (Wildman–Crippen MR) is 70.8 cm³/mol. The molecule has 0 saturated carbocycles. The van der Waals surface area contributed by atoms with Crippen LogP contribution < -0.4 is 5.32 Å². The second-order valence-corrected chi connectivity index (χ2v) is 5.43. The highest BCUT2D eigenvalue weighted by Gasteiger charge is 2.28. The van der Waals surface area contributed by atoms with Crippen molar-refractivity contribution in [3.05, 3.63) is 12.4 Å². The lowest BCUT2D eigenvalue weighted by Gasteiger charge is -2.36. The van der Waals surface area contributed by atoms with Gasteiger partial charge in [-0.15, -0.1) is 0 Å². The standard InChI is InChI=1S/C13H23N3O2/c1-13(2)8-11(4-6-18-13)15-12-9-14-16(10-12)5-7-17-3/h9-11,15H,4-8H2,1-3H3. The van der Waals surface area contributed by atoms with E-state index in [1.165, 1.54) is 0 Å². The Kier molecular flexibility index (Phi) is 4.24. The molecule has 1 unspecified atom stereocenters. The van der Waals surface area contributed by atoms with Crippen LogP contribution in [-0.2, 0) is 16.0 Å². The van der Waals surface area contributed by atoms with Crippen LogP contribution in [0.4, 0.5) is 5.69 Å². The van der Waals surface area contributed by atoms with Crippen LogP contribution in [0.15, 0.2) is 12.4 Å². The zero-order valence-electron chi connectivity index (χ0n) is 11.5. The van der Waals surface area contributed by atoms with Gasteiger partial charge >= 0.3 is 0 Å². The van der Waals surface area contributed by atoms with Crippen LogP contribution in [0, 0.1) is 0 Å². The molecule has 1 fully saturated rings. The van der Waals surface area contributed by atoms with Crippen molar-refractivity contribution in [1.82, 2.24) is 9.78 Å². The molecule has 1 aliphatic rings. The highest BCUT2D eigenvalue weighted by atomic mass is 16.5. The van der Waals surface area contributed by atoms with E-state index in [-0.39, 0.29) is 5.60 Å². The van der Waals surface area contributed by atoms with E-state index in [1.807, 2.05) is 17.1 Å². The number of aromatic nitrogens is 2. The van der Waals surface area contributed by atoms with Gasteiger partial charge in [0.15, 0.2) is 0 Å². The third-order valence-corrected chi connectivity index (χ3v) is 3.23. The van der Waals surface area contributed by atoms with Crippen molar-refractivity contribution < 1.29 is 9.47 Å². The Bertz CT molecular complexity index is 376. The quantitative estimate of drug-likeness (QED) is 0.870. The molecular weight excluding hydrogens is 230 g/mol. The second-order valence-electron chi connectivity index (χ2n) is 5.43. The van der Waals surface area contributed by atoms with E-state index in [4.69, 9.17) is 9.47 Å². The van der Waals surface area contributed by atoms with Gasteiger partial charge in [0.2, 0.25) is 0 Å². The molecule has 1 N–H and O–H groups in total. The summed E-state index contributed by atoms with van der Waals surface area (Å²) in [6, 6.07) is 0.467. The van der Waals surface area contributed by atoms with E-state index in [1.54, 1.807) is 7.11 Å². The Labute approximate surface area is 108 Å². The fourth-order valence-electron chi connectivity index (χ4n) is 2.34. The van der Waals surface area contributed by atoms with Gasteiger partial charge in [0.25, 0.3) is 0 Å². The van der Waals surface area contributed by atoms with E-state index < -0.39 is 0 Å². The number of methoxy groups -OCH3 is 1. The highest BCUT2D eigenvalue weighted by molar-refractivity contribution is 5.39. The summed E-state index contributed by atoms with van der Waals surface area (Å²) < 4.78 is 12.6. The molecule has 1 aromatic rings. The summed E-state index contributed by atoms with van der Waals surface area (Å²) in [5, 5.41) is 7.83. The van der Waals surface area contributed by atoms with Gasteiger partial charge in [0.1, 0.15) is 0 Å². The number of hydrogen-bond acceptors (Lipinski definition) is 4. The van der Waals surface area contributed by atoms with Crippen molar-refractivity contribution in [3.63, 3.8) is 0 Å². The second kappa shape index (κ2) is 5.71. The van der Waals surface area contributed by atoms with Crippen LogP contribution in [-0.4, -0.2) is 41.7 Å². The van der Waals surface area contributed by atoms with Crippen LogP contribution in [0.3, 0.4) is 0 Å². The fourth-order valence-corrected chi connectivity index (χ4v) is 2.34. The number of rotatable bonds is 5. The molecule has 5 heteroatoms. The third kappa shape index (κ3) is 3.71. The summed E-state index contributed by atoms with van der Waals surface area (Å²) in [6.45, 7) is 6.58. The molecule has 0 aliphatic carbocycles. The first-order valence-electron chi connectivity index (χ1n) is 6.51. The van der Waals surface area contributed by atoms with Gasteiger partial charge < -0.3 is 14.8 Å². The van der Waals surface area contributed by atoms with Crippen LogP contribution in [0.2, 0.25) is 0 Å². The molecule has 2 heterocycles. The van der Waals surface area contributed by atoms with E-state index in [0.717, 1.165) is 31.7 Å². The summed E-state index contributed by atoms with van der Waals surface area (Å²) in [4.78, 5) is 0. The molecule has 0 spiro atoms. The van der Waals surface area contributed by atoms with E-state index in [0.29, 0.717) is 12.6 Å². The smallest absolute Gasteiger partial charge is 0.0728 e. The molecule has 0 radical (unpaired) electrons. The van der Waals surface area contributed by atoms with Gasteiger partial charge in [0, 0.05) is 26.0 Å². The minimum absolute atomic E-state index is 0.0258. The maximum absolute atomic E-state index is 5.71. The normalized spacial score (nSPS) is 22.9. The van der Waals surface area contributed by atoms with E-state index >= 15 is 0 Å². The van der Waals surface area contributed by atoms with Crippen LogP contribution >= 0.6 is 0 Å². The summed E-state index contributed by atoms with van der Waals surface area (Å²) in [5.41, 5.74) is 1.05. The minimum atomic E-state index is -0.0258. The molecule has 18 heavy (non-hydrogen) atoms. The molecule has 0 aromatic carbocycles. The summed E-state index contributed by atoms with van der Waals surface area (Å²) >= 11 is 0. The van der Waals surface area contributed by atoms with Gasteiger partial charge in [-0.1, -0.05) is 0 Å². The minimum Gasteiger partial charge on any atom is -0.383 e. The van der Waals surface area contributed by atoms with E-state index in [2.05, 4.69) is 24.3 Å². The number of anilines is 1. The summed E-state index contributed by atoms with van der Waals surface area (Å²) in [7, 11) is 1.70. The molecule has 5 nitrogen and oxygen atoms in total. The van der Waals surface area contributed by atoms with Crippen molar-refractivity contribution >= 4 is 5.69 Å². The van der Waals surface area contributed by atoms with Crippen molar-refractivity contribution in [3.8, 4) is 0 Å². The van der Waals surface area contributed by atoms with Crippen LogP contribution in [0.1, 0.15) is 26.7 Å². The molecule has 1 aliphatic heterocycles. The fraction of sp³-hybridized carbons (Fsp3) is 0.769. The van der Waals surface area contributed by atoms with Gasteiger partial charge in [-0.25, -0.2) is 0 Å².